The second-order valence-electron chi connectivity index (χ2n) is 16.0. The number of fused-ring (bicyclic) bond motifs is 1. The van der Waals surface area contributed by atoms with Crippen molar-refractivity contribution >= 4 is 41.0 Å². The van der Waals surface area contributed by atoms with Gasteiger partial charge in [-0.2, -0.15) is 5.26 Å². The van der Waals surface area contributed by atoms with E-state index in [9.17, 15) is 29.4 Å². The lowest BCUT2D eigenvalue weighted by Crippen LogP contribution is -2.65. The maximum Gasteiger partial charge on any atom is 0.272 e. The largest absolute Gasteiger partial charge is 0.490 e. The number of likely N-dealkylation sites (tertiary alicyclic amines) is 1. The quantitative estimate of drug-likeness (QED) is 0.219. The Kier molecular flexibility index (Phi) is 10.9. The second kappa shape index (κ2) is 16.0. The molecule has 4 fully saturated rings. The molecule has 298 valence electrons. The van der Waals surface area contributed by atoms with Crippen LogP contribution in [0.4, 0.5) is 5.82 Å². The van der Waals surface area contributed by atoms with Gasteiger partial charge in [-0.3, -0.25) is 29.4 Å². The zero-order chi connectivity index (χ0) is 39.8. The number of rotatable bonds is 10. The minimum Gasteiger partial charge on any atom is -0.490 e. The van der Waals surface area contributed by atoms with E-state index in [-0.39, 0.29) is 54.9 Å². The van der Waals surface area contributed by atoms with E-state index in [1.54, 1.807) is 42.5 Å². The molecule has 1 aromatic heterocycles. The molecule has 2 atom stereocenters. The number of hydrogen-bond acceptors (Lipinski definition) is 12. The Hall–Kier alpha value is -5.14. The van der Waals surface area contributed by atoms with Crippen molar-refractivity contribution < 1.29 is 34.1 Å². The molecular weight excluding hydrogens is 752 g/mol. The van der Waals surface area contributed by atoms with Gasteiger partial charge in [0.15, 0.2) is 11.5 Å². The average Bonchev–Trinajstić information content (AvgIpc) is 3.52. The van der Waals surface area contributed by atoms with Crippen LogP contribution in [0.25, 0.3) is 0 Å². The standard InChI is InChI=1S/C41H45ClN8O7/c42-32-18-30(5-1-26(32)19-43)57-29-6-3-28(4-7-29)44-38(53)33-9-11-35(47-46-33)49-15-13-24(14-16-49)20-48-22-41(56,23-48)37(52)25-2-8-31-27(17-25)21-50(40(31)55)34-10-12-36(51)45-39(34)54/h1-2,5,8-9,11,17-18,24,28-29,34,37,52,56H,3-4,6-7,10,12-16,20-23H2,(H,44,53)(H,45,51,54)/t28-,29-,34?,37-/m0/s1. The number of carbonyl (C=O) groups is 4. The molecule has 8 rings (SSSR count). The number of aromatic nitrogens is 2. The summed E-state index contributed by atoms with van der Waals surface area (Å²) in [5, 5.41) is 46.0. The molecule has 5 aliphatic rings. The highest BCUT2D eigenvalue weighted by molar-refractivity contribution is 6.31. The minimum atomic E-state index is -1.32. The lowest BCUT2D eigenvalue weighted by Gasteiger charge is -2.50. The molecular formula is C41H45ClN8O7. The van der Waals surface area contributed by atoms with Crippen molar-refractivity contribution in [1.82, 2.24) is 30.6 Å². The minimum absolute atomic E-state index is 0.00700. The lowest BCUT2D eigenvalue weighted by molar-refractivity contribution is -0.170. The first-order valence-electron chi connectivity index (χ1n) is 19.6. The summed E-state index contributed by atoms with van der Waals surface area (Å²) in [6.07, 6.45) is 4.26. The number of aliphatic hydroxyl groups excluding tert-OH is 1. The molecule has 3 saturated heterocycles. The summed E-state index contributed by atoms with van der Waals surface area (Å²) in [5.41, 5.74) is 1.03. The molecule has 16 heteroatoms. The summed E-state index contributed by atoms with van der Waals surface area (Å²) in [4.78, 5) is 55.8. The van der Waals surface area contributed by atoms with Crippen LogP contribution in [0.2, 0.25) is 5.02 Å². The first-order valence-corrected chi connectivity index (χ1v) is 20.0. The summed E-state index contributed by atoms with van der Waals surface area (Å²) in [6.45, 7) is 3.22. The average molecular weight is 797 g/mol. The van der Waals surface area contributed by atoms with E-state index < -0.39 is 23.7 Å². The van der Waals surface area contributed by atoms with Gasteiger partial charge in [0.25, 0.3) is 11.8 Å². The van der Waals surface area contributed by atoms with Crippen LogP contribution in [0.1, 0.15) is 95.0 Å². The number of imide groups is 1. The molecule has 0 radical (unpaired) electrons. The number of nitriles is 1. The Morgan fingerprint density at radius 3 is 2.47 bits per heavy atom. The maximum atomic E-state index is 13.1. The Labute approximate surface area is 334 Å². The number of anilines is 1. The monoisotopic (exact) mass is 796 g/mol. The SMILES string of the molecule is N#Cc1ccc(O[C@H]2CC[C@H](NC(=O)c3ccc(N4CCC(CN5CC(O)([C@@H](O)c6ccc7c(c6)CN(C6CCC(=O)NC6=O)C7=O)C5)CC4)nn3)CC2)cc1Cl. The highest BCUT2D eigenvalue weighted by atomic mass is 35.5. The Balaban J connectivity index is 0.755. The summed E-state index contributed by atoms with van der Waals surface area (Å²) >= 11 is 6.14. The number of nitrogens with zero attached hydrogens (tertiary/aromatic N) is 6. The molecule has 57 heavy (non-hydrogen) atoms. The molecule has 15 nitrogen and oxygen atoms in total. The number of nitrogens with one attached hydrogen (secondary N) is 2. The molecule has 2 aromatic carbocycles. The third-order valence-corrected chi connectivity index (χ3v) is 12.4. The summed E-state index contributed by atoms with van der Waals surface area (Å²) in [6, 6.07) is 15.0. The molecule has 0 bridgehead atoms. The molecule has 1 saturated carbocycles. The summed E-state index contributed by atoms with van der Waals surface area (Å²) < 4.78 is 6.07. The van der Waals surface area contributed by atoms with E-state index in [1.165, 1.54) is 4.90 Å². The van der Waals surface area contributed by atoms with Crippen LogP contribution < -0.4 is 20.3 Å². The number of halogens is 1. The van der Waals surface area contributed by atoms with Crippen LogP contribution >= 0.6 is 11.6 Å². The van der Waals surface area contributed by atoms with Gasteiger partial charge >= 0.3 is 0 Å². The van der Waals surface area contributed by atoms with E-state index in [2.05, 4.69) is 30.6 Å². The molecule has 4 amide bonds. The summed E-state index contributed by atoms with van der Waals surface area (Å²) in [5.74, 6) is 0.420. The lowest BCUT2D eigenvalue weighted by atomic mass is 9.82. The predicted molar refractivity (Wildman–Crippen MR) is 206 cm³/mol. The highest BCUT2D eigenvalue weighted by Gasteiger charge is 2.48. The Bertz CT molecular complexity index is 2090. The van der Waals surface area contributed by atoms with E-state index in [0.717, 1.165) is 64.0 Å². The second-order valence-corrected chi connectivity index (χ2v) is 16.4. The molecule has 4 aliphatic heterocycles. The maximum absolute atomic E-state index is 13.1. The van der Waals surface area contributed by atoms with Crippen molar-refractivity contribution in [2.75, 3.05) is 37.6 Å². The van der Waals surface area contributed by atoms with Gasteiger partial charge in [0, 0.05) is 63.4 Å². The van der Waals surface area contributed by atoms with E-state index in [1.807, 2.05) is 12.1 Å². The first-order chi connectivity index (χ1) is 27.5. The van der Waals surface area contributed by atoms with Crippen LogP contribution in [-0.4, -0.2) is 110 Å². The third-order valence-electron chi connectivity index (χ3n) is 12.1. The Morgan fingerprint density at radius 1 is 1.02 bits per heavy atom. The third kappa shape index (κ3) is 8.18. The van der Waals surface area contributed by atoms with Crippen LogP contribution in [0.5, 0.6) is 5.75 Å². The van der Waals surface area contributed by atoms with E-state index in [0.29, 0.717) is 52.0 Å². The van der Waals surface area contributed by atoms with Gasteiger partial charge in [-0.25, -0.2) is 0 Å². The number of aliphatic hydroxyl groups is 2. The molecule has 1 aliphatic carbocycles. The zero-order valence-electron chi connectivity index (χ0n) is 31.4. The summed E-state index contributed by atoms with van der Waals surface area (Å²) in [7, 11) is 0. The van der Waals surface area contributed by atoms with Crippen molar-refractivity contribution in [2.24, 2.45) is 5.92 Å². The number of amides is 4. The number of carbonyl (C=O) groups excluding carboxylic acids is 4. The van der Waals surface area contributed by atoms with Crippen LogP contribution in [0, 0.1) is 17.2 Å². The van der Waals surface area contributed by atoms with Crippen LogP contribution in [0.3, 0.4) is 0 Å². The zero-order valence-corrected chi connectivity index (χ0v) is 32.2. The highest BCUT2D eigenvalue weighted by Crippen LogP contribution is 2.38. The van der Waals surface area contributed by atoms with Gasteiger partial charge < -0.3 is 30.1 Å². The fourth-order valence-electron chi connectivity index (χ4n) is 8.87. The normalized spacial score (nSPS) is 24.2. The van der Waals surface area contributed by atoms with Gasteiger partial charge in [-0.15, -0.1) is 10.2 Å². The first kappa shape index (κ1) is 38.7. The number of ether oxygens (including phenoxy) is 1. The van der Waals surface area contributed by atoms with Crippen LogP contribution in [-0.2, 0) is 16.1 Å². The van der Waals surface area contributed by atoms with Gasteiger partial charge in [-0.1, -0.05) is 23.7 Å². The Morgan fingerprint density at radius 2 is 1.79 bits per heavy atom. The topological polar surface area (TPSA) is 201 Å². The number of piperidine rings is 2. The van der Waals surface area contributed by atoms with Gasteiger partial charge in [0.2, 0.25) is 11.8 Å². The van der Waals surface area contributed by atoms with Gasteiger partial charge in [0.1, 0.15) is 29.6 Å². The molecule has 1 unspecified atom stereocenters. The van der Waals surface area contributed by atoms with Crippen molar-refractivity contribution in [3.05, 3.63) is 81.5 Å². The van der Waals surface area contributed by atoms with Crippen molar-refractivity contribution in [2.45, 2.75) is 87.8 Å². The van der Waals surface area contributed by atoms with Crippen molar-refractivity contribution in [1.29, 1.82) is 5.26 Å². The van der Waals surface area contributed by atoms with Crippen molar-refractivity contribution in [3.8, 4) is 11.8 Å². The smallest absolute Gasteiger partial charge is 0.272 e. The van der Waals surface area contributed by atoms with Crippen LogP contribution in [0.15, 0.2) is 48.5 Å². The van der Waals surface area contributed by atoms with Gasteiger partial charge in [-0.05, 0) is 92.3 Å². The fourth-order valence-corrected chi connectivity index (χ4v) is 9.08. The number of hydrogen-bond donors (Lipinski definition) is 4. The van der Waals surface area contributed by atoms with E-state index in [4.69, 9.17) is 21.6 Å². The van der Waals surface area contributed by atoms with E-state index >= 15 is 0 Å². The van der Waals surface area contributed by atoms with Crippen molar-refractivity contribution in [3.63, 3.8) is 0 Å². The molecule has 4 N–H and O–H groups in total. The molecule has 5 heterocycles. The number of benzene rings is 2. The molecule has 3 aromatic rings. The predicted octanol–water partition coefficient (Wildman–Crippen LogP) is 2.88. The number of β-amino-alcohol motifs (C(OH)–C–C–N with tert-alkyl or cyclic N) is 1. The molecule has 0 spiro atoms. The fraction of sp³-hybridized carbons (Fsp3) is 0.488. The van der Waals surface area contributed by atoms with Gasteiger partial charge in [0.05, 0.1) is 16.7 Å².